The number of rotatable bonds is 8. The van der Waals surface area contributed by atoms with Crippen molar-refractivity contribution in [1.29, 1.82) is 0 Å². The summed E-state index contributed by atoms with van der Waals surface area (Å²) in [5.41, 5.74) is -2.25. The molecule has 0 radical (unpaired) electrons. The van der Waals surface area contributed by atoms with Gasteiger partial charge in [-0.1, -0.05) is 27.7 Å². The van der Waals surface area contributed by atoms with E-state index in [0.717, 1.165) is 0 Å². The van der Waals surface area contributed by atoms with Crippen LogP contribution in [-0.4, -0.2) is 150 Å². The minimum absolute atomic E-state index is 0.127. The number of esters is 1. The van der Waals surface area contributed by atoms with Crippen LogP contribution in [0.4, 0.5) is 0 Å². The molecule has 304 valence electrons. The maximum Gasteiger partial charge on any atom is 0.311 e. The summed E-state index contributed by atoms with van der Waals surface area (Å²) in [5, 5.41) is 44.7. The molecule has 3 aliphatic rings. The highest BCUT2D eigenvalue weighted by Gasteiger charge is 2.53. The van der Waals surface area contributed by atoms with Crippen molar-refractivity contribution in [2.45, 2.75) is 173 Å². The Labute approximate surface area is 310 Å². The van der Waals surface area contributed by atoms with Crippen LogP contribution in [0.15, 0.2) is 0 Å². The Morgan fingerprint density at radius 3 is 1.96 bits per heavy atom. The minimum atomic E-state index is -1.24. The summed E-state index contributed by atoms with van der Waals surface area (Å²) in [4.78, 5) is 30.1. The Kier molecular flexibility index (Phi) is 15.7. The molecule has 0 aromatic rings. The maximum atomic E-state index is 14.2. The molecule has 0 aliphatic carbocycles. The normalized spacial score (nSPS) is 48.2. The Bertz CT molecular complexity index is 1170. The molecule has 3 heterocycles. The van der Waals surface area contributed by atoms with Crippen LogP contribution in [0.3, 0.4) is 0 Å². The van der Waals surface area contributed by atoms with Gasteiger partial charge in [-0.05, 0) is 68.5 Å². The number of carbonyl (C=O) groups excluding carboxylic acids is 2. The molecule has 0 aromatic heterocycles. The van der Waals surface area contributed by atoms with Gasteiger partial charge in [-0.3, -0.25) is 9.59 Å². The van der Waals surface area contributed by atoms with Crippen LogP contribution in [0, 0.1) is 29.6 Å². The molecule has 3 saturated heterocycles. The lowest BCUT2D eigenvalue weighted by atomic mass is 9.74. The lowest BCUT2D eigenvalue weighted by Gasteiger charge is -2.49. The van der Waals surface area contributed by atoms with E-state index in [2.05, 4.69) is 0 Å². The molecule has 3 rings (SSSR count). The number of ketones is 1. The monoisotopic (exact) mass is 747 g/mol. The fourth-order valence-corrected chi connectivity index (χ4v) is 8.57. The molecule has 0 aromatic carbocycles. The van der Waals surface area contributed by atoms with Crippen LogP contribution >= 0.6 is 0 Å². The summed E-state index contributed by atoms with van der Waals surface area (Å²) in [6.45, 7) is 17.2. The van der Waals surface area contributed by atoms with E-state index in [1.54, 1.807) is 41.5 Å². The number of aliphatic hydroxyl groups is 4. The predicted octanol–water partition coefficient (Wildman–Crippen LogP) is 2.30. The first kappa shape index (κ1) is 45.1. The lowest BCUT2D eigenvalue weighted by molar-refractivity contribution is -0.319. The van der Waals surface area contributed by atoms with E-state index in [9.17, 15) is 30.0 Å². The summed E-state index contributed by atoms with van der Waals surface area (Å²) in [5.74, 6) is -4.95. The molecule has 0 saturated carbocycles. The van der Waals surface area contributed by atoms with Crippen LogP contribution < -0.4 is 0 Å². The second-order valence-electron chi connectivity index (χ2n) is 16.6. The fourth-order valence-electron chi connectivity index (χ4n) is 8.57. The van der Waals surface area contributed by atoms with Crippen molar-refractivity contribution in [3.05, 3.63) is 0 Å². The van der Waals surface area contributed by atoms with Crippen molar-refractivity contribution in [2.75, 3.05) is 28.3 Å². The minimum Gasteiger partial charge on any atom is -0.459 e. The molecule has 0 bridgehead atoms. The molecule has 0 spiro atoms. The summed E-state index contributed by atoms with van der Waals surface area (Å²) in [6, 6.07) is -0.283. The molecule has 19 atom stereocenters. The fraction of sp³-hybridized carbons (Fsp3) is 0.947. The third kappa shape index (κ3) is 9.73. The number of Topliss-reactive ketones (excluding diaryl/α,β-unsaturated/α-hetero) is 1. The van der Waals surface area contributed by atoms with Gasteiger partial charge in [-0.25, -0.2) is 0 Å². The van der Waals surface area contributed by atoms with Crippen molar-refractivity contribution < 1.29 is 63.2 Å². The van der Waals surface area contributed by atoms with Gasteiger partial charge < -0.3 is 58.5 Å². The highest BCUT2D eigenvalue weighted by molar-refractivity contribution is 5.83. The van der Waals surface area contributed by atoms with Crippen LogP contribution in [-0.2, 0) is 42.7 Å². The number of hydrogen-bond donors (Lipinski definition) is 4. The number of likely N-dealkylation sites (N-methyl/N-ethyl adjacent to an activating group) is 1. The van der Waals surface area contributed by atoms with E-state index < -0.39 is 108 Å². The van der Waals surface area contributed by atoms with E-state index in [1.807, 2.05) is 39.8 Å². The predicted molar refractivity (Wildman–Crippen MR) is 191 cm³/mol. The summed E-state index contributed by atoms with van der Waals surface area (Å²) in [6.07, 6.45) is -9.66. The molecule has 3 fully saturated rings. The second-order valence-corrected chi connectivity index (χ2v) is 16.6. The van der Waals surface area contributed by atoms with Crippen molar-refractivity contribution in [3.63, 3.8) is 0 Å². The quantitative estimate of drug-likeness (QED) is 0.266. The van der Waals surface area contributed by atoms with Crippen LogP contribution in [0.2, 0.25) is 0 Å². The summed E-state index contributed by atoms with van der Waals surface area (Å²) >= 11 is 0. The molecule has 19 unspecified atom stereocenters. The van der Waals surface area contributed by atoms with Gasteiger partial charge in [0.1, 0.15) is 24.1 Å². The first-order chi connectivity index (χ1) is 24.0. The van der Waals surface area contributed by atoms with Crippen molar-refractivity contribution in [3.8, 4) is 0 Å². The topological polar surface area (TPSA) is 183 Å². The summed E-state index contributed by atoms with van der Waals surface area (Å²) < 4.78 is 43.9. The zero-order chi connectivity index (χ0) is 39.6. The Balaban J connectivity index is 2.22. The van der Waals surface area contributed by atoms with E-state index in [4.69, 9.17) is 33.2 Å². The van der Waals surface area contributed by atoms with Crippen molar-refractivity contribution in [1.82, 2.24) is 4.90 Å². The SMILES string of the molecule is COC1(C)CC(OC2C(C)C(=O)OC(C(C)O)C(C)C(O)C(C)C(=O)C(C)CC(C)(OC)C(OC3OC(C)CC(N(C)C)C3O)C2C)OC(C)C1O. The van der Waals surface area contributed by atoms with E-state index in [-0.39, 0.29) is 30.8 Å². The third-order valence-corrected chi connectivity index (χ3v) is 12.2. The summed E-state index contributed by atoms with van der Waals surface area (Å²) in [7, 11) is 6.78. The number of aliphatic hydroxyl groups excluding tert-OH is 4. The smallest absolute Gasteiger partial charge is 0.311 e. The average Bonchev–Trinajstić information content (AvgIpc) is 3.09. The van der Waals surface area contributed by atoms with Gasteiger partial charge in [0.05, 0.1) is 53.7 Å². The van der Waals surface area contributed by atoms with Gasteiger partial charge in [-0.2, -0.15) is 0 Å². The molecular weight excluding hydrogens is 678 g/mol. The van der Waals surface area contributed by atoms with Crippen LogP contribution in [0.1, 0.15) is 88.5 Å². The molecule has 3 aliphatic heterocycles. The standard InChI is InChI=1S/C38H69NO13/c1-18-16-38(10,47-14)34(52-36-30(43)26(39(11)12)15-19(2)48-36)22(5)31(50-27-17-37(9,46-13)33(44)25(8)49-27)23(6)35(45)51-32(24(7)40)21(4)29(42)20(3)28(18)41/h18-27,29-34,36,40,42-44H,15-17H2,1-14H3. The van der Waals surface area contributed by atoms with E-state index in [0.29, 0.717) is 6.42 Å². The van der Waals surface area contributed by atoms with E-state index in [1.165, 1.54) is 21.1 Å². The number of methoxy groups -OCH3 is 2. The highest BCUT2D eigenvalue weighted by Crippen LogP contribution is 2.41. The van der Waals surface area contributed by atoms with Gasteiger partial charge in [-0.15, -0.1) is 0 Å². The first-order valence-corrected chi connectivity index (χ1v) is 18.9. The van der Waals surface area contributed by atoms with Gasteiger partial charge in [0.15, 0.2) is 12.6 Å². The first-order valence-electron chi connectivity index (χ1n) is 18.9. The number of nitrogens with zero attached hydrogens (tertiary/aromatic N) is 1. The maximum absolute atomic E-state index is 14.2. The number of hydrogen-bond acceptors (Lipinski definition) is 14. The van der Waals surface area contributed by atoms with Crippen molar-refractivity contribution >= 4 is 11.8 Å². The molecule has 14 nitrogen and oxygen atoms in total. The zero-order valence-corrected chi connectivity index (χ0v) is 33.8. The number of carbonyl (C=O) groups is 2. The highest BCUT2D eigenvalue weighted by atomic mass is 16.7. The van der Waals surface area contributed by atoms with Gasteiger partial charge in [0.25, 0.3) is 0 Å². The molecule has 14 heteroatoms. The third-order valence-electron chi connectivity index (χ3n) is 12.2. The molecule has 52 heavy (non-hydrogen) atoms. The van der Waals surface area contributed by atoms with Crippen LogP contribution in [0.5, 0.6) is 0 Å². The largest absolute Gasteiger partial charge is 0.459 e. The Morgan fingerprint density at radius 2 is 1.42 bits per heavy atom. The van der Waals surface area contributed by atoms with Gasteiger partial charge in [0.2, 0.25) is 0 Å². The molecular formula is C38H69NO13. The molecule has 4 N–H and O–H groups in total. The number of cyclic esters (lactones) is 1. The van der Waals surface area contributed by atoms with Crippen molar-refractivity contribution in [2.24, 2.45) is 29.6 Å². The van der Waals surface area contributed by atoms with Crippen LogP contribution in [0.25, 0.3) is 0 Å². The average molecular weight is 748 g/mol. The van der Waals surface area contributed by atoms with E-state index >= 15 is 0 Å². The van der Waals surface area contributed by atoms with Gasteiger partial charge in [0, 0.05) is 50.4 Å². The lowest BCUT2D eigenvalue weighted by Crippen LogP contribution is -2.61. The zero-order valence-electron chi connectivity index (χ0n) is 33.8. The van der Waals surface area contributed by atoms with Gasteiger partial charge >= 0.3 is 5.97 Å². The Morgan fingerprint density at radius 1 is 0.827 bits per heavy atom. The Hall–Kier alpha value is -1.30. The molecule has 0 amide bonds. The number of ether oxygens (including phenoxy) is 7. The second kappa shape index (κ2) is 18.1.